The Labute approximate surface area is 123 Å². The first kappa shape index (κ1) is 14.8. The lowest BCUT2D eigenvalue weighted by Crippen LogP contribution is -2.46. The van der Waals surface area contributed by atoms with E-state index in [0.717, 1.165) is 0 Å². The lowest BCUT2D eigenvalue weighted by Gasteiger charge is -2.29. The lowest BCUT2D eigenvalue weighted by molar-refractivity contribution is -0.122. The molecule has 0 saturated heterocycles. The van der Waals surface area contributed by atoms with Crippen LogP contribution in [-0.2, 0) is 10.3 Å². The van der Waals surface area contributed by atoms with Gasteiger partial charge in [-0.15, -0.1) is 0 Å². The molecule has 1 aromatic heterocycles. The quantitative estimate of drug-likeness (QED) is 0.871. The molecule has 1 unspecified atom stereocenters. The van der Waals surface area contributed by atoms with Gasteiger partial charge in [-0.1, -0.05) is 12.1 Å². The summed E-state index contributed by atoms with van der Waals surface area (Å²) in [7, 11) is 1.57. The van der Waals surface area contributed by atoms with E-state index in [-0.39, 0.29) is 0 Å². The molecule has 0 bridgehead atoms. The van der Waals surface area contributed by atoms with E-state index in [9.17, 15) is 4.79 Å². The van der Waals surface area contributed by atoms with Crippen molar-refractivity contribution in [1.82, 2.24) is 9.97 Å². The predicted octanol–water partition coefficient (Wildman–Crippen LogP) is 1.61. The van der Waals surface area contributed by atoms with Crippen LogP contribution in [0.25, 0.3) is 0 Å². The summed E-state index contributed by atoms with van der Waals surface area (Å²) < 4.78 is 5.29. The number of aromatic nitrogens is 2. The second-order valence-corrected chi connectivity index (χ2v) is 4.80. The molecule has 1 atom stereocenters. The zero-order valence-electron chi connectivity index (χ0n) is 12.3. The molecular formula is C15H18N4O2. The van der Waals surface area contributed by atoms with Crippen molar-refractivity contribution in [2.75, 3.05) is 12.4 Å². The fraction of sp³-hybridized carbons (Fsp3) is 0.267. The van der Waals surface area contributed by atoms with Crippen molar-refractivity contribution >= 4 is 11.6 Å². The van der Waals surface area contributed by atoms with E-state index in [1.807, 2.05) is 18.2 Å². The van der Waals surface area contributed by atoms with Gasteiger partial charge in [0.2, 0.25) is 5.91 Å². The lowest BCUT2D eigenvalue weighted by atomic mass is 9.94. The van der Waals surface area contributed by atoms with E-state index in [1.165, 1.54) is 6.20 Å². The van der Waals surface area contributed by atoms with Crippen LogP contribution in [0.5, 0.6) is 5.75 Å². The number of carbonyl (C=O) groups excluding carboxylic acids is 1. The summed E-state index contributed by atoms with van der Waals surface area (Å²) in [4.78, 5) is 20.5. The van der Waals surface area contributed by atoms with Crippen molar-refractivity contribution in [3.63, 3.8) is 0 Å². The minimum absolute atomic E-state index is 0.489. The normalized spacial score (nSPS) is 13.3. The molecule has 0 saturated carbocycles. The molecule has 6 nitrogen and oxygen atoms in total. The highest BCUT2D eigenvalue weighted by Crippen LogP contribution is 2.31. The number of benzene rings is 1. The number of rotatable bonds is 5. The Morgan fingerprint density at radius 1 is 1.29 bits per heavy atom. The first-order valence-corrected chi connectivity index (χ1v) is 6.48. The highest BCUT2D eigenvalue weighted by Gasteiger charge is 2.37. The van der Waals surface area contributed by atoms with Gasteiger partial charge >= 0.3 is 0 Å². The minimum Gasteiger partial charge on any atom is -0.495 e. The van der Waals surface area contributed by atoms with Crippen molar-refractivity contribution in [2.45, 2.75) is 19.4 Å². The molecule has 0 aliphatic carbocycles. The summed E-state index contributed by atoms with van der Waals surface area (Å²) in [6, 6.07) is 7.30. The Kier molecular flexibility index (Phi) is 4.07. The van der Waals surface area contributed by atoms with E-state index >= 15 is 0 Å². The summed E-state index contributed by atoms with van der Waals surface area (Å²) >= 11 is 0. The molecule has 1 amide bonds. The third-order valence-corrected chi connectivity index (χ3v) is 3.34. The third-order valence-electron chi connectivity index (χ3n) is 3.34. The number of nitrogens with zero attached hydrogens (tertiary/aromatic N) is 2. The zero-order valence-corrected chi connectivity index (χ0v) is 12.3. The summed E-state index contributed by atoms with van der Waals surface area (Å²) in [5.74, 6) is 0.0727. The number of primary amides is 1. The molecule has 3 N–H and O–H groups in total. The molecule has 0 spiro atoms. The van der Waals surface area contributed by atoms with Gasteiger partial charge in [-0.3, -0.25) is 14.8 Å². The number of nitrogens with two attached hydrogens (primary N) is 1. The molecule has 2 rings (SSSR count). The van der Waals surface area contributed by atoms with Crippen LogP contribution >= 0.6 is 0 Å². The predicted molar refractivity (Wildman–Crippen MR) is 79.9 cm³/mol. The summed E-state index contributed by atoms with van der Waals surface area (Å²) in [6.07, 6.45) is 3.11. The Bertz CT molecular complexity index is 660. The molecular weight excluding hydrogens is 268 g/mol. The van der Waals surface area contributed by atoms with Crippen LogP contribution < -0.4 is 15.8 Å². The van der Waals surface area contributed by atoms with Gasteiger partial charge in [0.25, 0.3) is 0 Å². The van der Waals surface area contributed by atoms with Crippen LogP contribution in [0.4, 0.5) is 5.69 Å². The van der Waals surface area contributed by atoms with Crippen molar-refractivity contribution in [3.8, 4) is 5.75 Å². The van der Waals surface area contributed by atoms with Crippen molar-refractivity contribution in [2.24, 2.45) is 5.73 Å². The minimum atomic E-state index is -1.19. The molecule has 0 radical (unpaired) electrons. The number of aryl methyl sites for hydroxylation is 1. The van der Waals surface area contributed by atoms with Gasteiger partial charge in [0.05, 0.1) is 24.2 Å². The Balaban J connectivity index is 2.49. The second kappa shape index (κ2) is 5.78. The van der Waals surface area contributed by atoms with E-state index < -0.39 is 11.4 Å². The third kappa shape index (κ3) is 2.79. The van der Waals surface area contributed by atoms with Gasteiger partial charge < -0.3 is 15.8 Å². The van der Waals surface area contributed by atoms with Gasteiger partial charge in [0.15, 0.2) is 5.54 Å². The number of nitrogens with one attached hydrogen (secondary N) is 1. The highest BCUT2D eigenvalue weighted by molar-refractivity contribution is 5.89. The van der Waals surface area contributed by atoms with Crippen LogP contribution in [0.2, 0.25) is 0 Å². The number of amides is 1. The topological polar surface area (TPSA) is 90.1 Å². The molecule has 21 heavy (non-hydrogen) atoms. The largest absolute Gasteiger partial charge is 0.495 e. The first-order chi connectivity index (χ1) is 9.99. The maximum atomic E-state index is 12.0. The Hall–Kier alpha value is -2.63. The number of para-hydroxylation sites is 2. The standard InChI is InChI=1S/C15H18N4O2/c1-10-13(18-9-8-17-10)15(2,14(16)20)19-11-6-4-5-7-12(11)21-3/h4-9,19H,1-3H3,(H2,16,20). The van der Waals surface area contributed by atoms with Crippen LogP contribution in [0.15, 0.2) is 36.7 Å². The SMILES string of the molecule is COc1ccccc1NC(C)(C(N)=O)c1nccnc1C. The fourth-order valence-corrected chi connectivity index (χ4v) is 2.15. The van der Waals surface area contributed by atoms with E-state index in [1.54, 1.807) is 33.2 Å². The van der Waals surface area contributed by atoms with Gasteiger partial charge in [0.1, 0.15) is 5.75 Å². The molecule has 0 fully saturated rings. The maximum absolute atomic E-state index is 12.0. The summed E-state index contributed by atoms with van der Waals surface area (Å²) in [5, 5.41) is 3.13. The smallest absolute Gasteiger partial charge is 0.249 e. The average molecular weight is 286 g/mol. The molecule has 0 aliphatic heterocycles. The van der Waals surface area contributed by atoms with Gasteiger partial charge in [-0.05, 0) is 26.0 Å². The fourth-order valence-electron chi connectivity index (χ4n) is 2.15. The van der Waals surface area contributed by atoms with E-state index in [0.29, 0.717) is 22.8 Å². The number of hydrogen-bond donors (Lipinski definition) is 2. The first-order valence-electron chi connectivity index (χ1n) is 6.48. The Morgan fingerprint density at radius 3 is 2.57 bits per heavy atom. The van der Waals surface area contributed by atoms with Crippen molar-refractivity contribution in [3.05, 3.63) is 48.0 Å². The molecule has 110 valence electrons. The van der Waals surface area contributed by atoms with Crippen LogP contribution in [0, 0.1) is 6.92 Å². The number of ether oxygens (including phenoxy) is 1. The highest BCUT2D eigenvalue weighted by atomic mass is 16.5. The Morgan fingerprint density at radius 2 is 1.95 bits per heavy atom. The van der Waals surface area contributed by atoms with Gasteiger partial charge in [-0.25, -0.2) is 0 Å². The molecule has 0 aliphatic rings. The van der Waals surface area contributed by atoms with Gasteiger partial charge in [-0.2, -0.15) is 0 Å². The molecule has 1 aromatic carbocycles. The van der Waals surface area contributed by atoms with Crippen LogP contribution in [0.1, 0.15) is 18.3 Å². The number of hydrogen-bond acceptors (Lipinski definition) is 5. The molecule has 1 heterocycles. The van der Waals surface area contributed by atoms with Gasteiger partial charge in [0, 0.05) is 12.4 Å². The second-order valence-electron chi connectivity index (χ2n) is 4.80. The number of carbonyl (C=O) groups is 1. The monoisotopic (exact) mass is 286 g/mol. The number of anilines is 1. The number of methoxy groups -OCH3 is 1. The van der Waals surface area contributed by atoms with E-state index in [2.05, 4.69) is 15.3 Å². The molecule has 6 heteroatoms. The van der Waals surface area contributed by atoms with Crippen molar-refractivity contribution in [1.29, 1.82) is 0 Å². The molecule has 2 aromatic rings. The van der Waals surface area contributed by atoms with Crippen molar-refractivity contribution < 1.29 is 9.53 Å². The maximum Gasteiger partial charge on any atom is 0.249 e. The van der Waals surface area contributed by atoms with Crippen LogP contribution in [-0.4, -0.2) is 23.0 Å². The summed E-state index contributed by atoms with van der Waals surface area (Å²) in [6.45, 7) is 3.46. The zero-order chi connectivity index (χ0) is 15.5. The van der Waals surface area contributed by atoms with E-state index in [4.69, 9.17) is 10.5 Å². The summed E-state index contributed by atoms with van der Waals surface area (Å²) in [5.41, 5.74) is 6.20. The van der Waals surface area contributed by atoms with Crippen LogP contribution in [0.3, 0.4) is 0 Å². The average Bonchev–Trinajstić information content (AvgIpc) is 2.48.